The number of nitrogens with zero attached hydrogens (tertiary/aromatic N) is 6. The predicted octanol–water partition coefficient (Wildman–Crippen LogP) is 1.20. The van der Waals surface area contributed by atoms with Crippen LogP contribution in [0.1, 0.15) is 24.4 Å². The molecule has 0 spiro atoms. The fourth-order valence-electron chi connectivity index (χ4n) is 3.62. The van der Waals surface area contributed by atoms with Gasteiger partial charge in [0.05, 0.1) is 11.1 Å². The molecule has 0 unspecified atom stereocenters. The van der Waals surface area contributed by atoms with Gasteiger partial charge in [0.15, 0.2) is 5.65 Å². The highest BCUT2D eigenvalue weighted by Crippen LogP contribution is 2.26. The van der Waals surface area contributed by atoms with Gasteiger partial charge in [-0.2, -0.15) is 5.26 Å². The maximum Gasteiger partial charge on any atom is 0.318 e. The quantitative estimate of drug-likeness (QED) is 0.636. The highest BCUT2D eigenvalue weighted by molar-refractivity contribution is 5.70. The van der Waals surface area contributed by atoms with Gasteiger partial charge < -0.3 is 9.47 Å². The van der Waals surface area contributed by atoms with Crippen LogP contribution in [0.2, 0.25) is 0 Å². The van der Waals surface area contributed by atoms with Crippen LogP contribution in [0.15, 0.2) is 46.2 Å². The Labute approximate surface area is 154 Å². The molecule has 3 aromatic rings. The summed E-state index contributed by atoms with van der Waals surface area (Å²) in [6.07, 6.45) is 4.61. The van der Waals surface area contributed by atoms with Crippen LogP contribution in [0.3, 0.4) is 0 Å². The van der Waals surface area contributed by atoms with Crippen LogP contribution in [0.5, 0.6) is 0 Å². The number of anilines is 1. The van der Waals surface area contributed by atoms with Gasteiger partial charge in [0.25, 0.3) is 0 Å². The third-order valence-electron chi connectivity index (χ3n) is 5.09. The molecule has 0 bridgehead atoms. The van der Waals surface area contributed by atoms with Gasteiger partial charge in [0.2, 0.25) is 0 Å². The molecule has 3 aromatic heterocycles. The van der Waals surface area contributed by atoms with Gasteiger partial charge in [-0.05, 0) is 37.1 Å². The fraction of sp³-hybridized carbons (Fsp3) is 0.316. The van der Waals surface area contributed by atoms with E-state index >= 15 is 0 Å². The molecule has 0 radical (unpaired) electrons. The first-order valence-corrected chi connectivity index (χ1v) is 8.77. The summed E-state index contributed by atoms with van der Waals surface area (Å²) in [5, 5.41) is 8.88. The van der Waals surface area contributed by atoms with E-state index in [4.69, 9.17) is 5.26 Å². The topological polar surface area (TPSA) is 96.8 Å². The Morgan fingerprint density at radius 1 is 1.11 bits per heavy atom. The van der Waals surface area contributed by atoms with Crippen LogP contribution < -0.4 is 16.0 Å². The van der Waals surface area contributed by atoms with Crippen LogP contribution in [0, 0.1) is 11.3 Å². The van der Waals surface area contributed by atoms with E-state index < -0.39 is 11.1 Å². The number of pyridine rings is 2. The number of nitriles is 1. The molecule has 27 heavy (non-hydrogen) atoms. The second-order valence-corrected chi connectivity index (χ2v) is 6.62. The Morgan fingerprint density at radius 2 is 1.89 bits per heavy atom. The molecule has 1 saturated heterocycles. The number of piperidine rings is 1. The van der Waals surface area contributed by atoms with E-state index in [1.807, 2.05) is 6.07 Å². The summed E-state index contributed by atoms with van der Waals surface area (Å²) in [5.74, 6) is 0.812. The summed E-state index contributed by atoms with van der Waals surface area (Å²) >= 11 is 0. The first kappa shape index (κ1) is 17.0. The highest BCUT2D eigenvalue weighted by atomic mass is 16.2. The lowest BCUT2D eigenvalue weighted by Gasteiger charge is -2.33. The molecule has 0 amide bonds. The van der Waals surface area contributed by atoms with Crippen LogP contribution >= 0.6 is 0 Å². The molecule has 1 aliphatic rings. The second-order valence-electron chi connectivity index (χ2n) is 6.62. The maximum atomic E-state index is 12.7. The summed E-state index contributed by atoms with van der Waals surface area (Å²) in [4.78, 5) is 35.8. The van der Waals surface area contributed by atoms with E-state index in [0.717, 1.165) is 5.82 Å². The molecule has 0 N–H and O–H groups in total. The van der Waals surface area contributed by atoms with Gasteiger partial charge >= 0.3 is 11.1 Å². The lowest BCUT2D eigenvalue weighted by atomic mass is 10.0. The van der Waals surface area contributed by atoms with Gasteiger partial charge in [-0.1, -0.05) is 0 Å². The first-order valence-electron chi connectivity index (χ1n) is 8.77. The van der Waals surface area contributed by atoms with Gasteiger partial charge in [0.1, 0.15) is 11.9 Å². The molecule has 4 heterocycles. The number of hydrogen-bond donors (Lipinski definition) is 0. The Hall–Kier alpha value is -3.47. The van der Waals surface area contributed by atoms with Crippen molar-refractivity contribution in [2.45, 2.75) is 18.9 Å². The zero-order valence-corrected chi connectivity index (χ0v) is 14.9. The Bertz CT molecular complexity index is 1150. The molecule has 1 fully saturated rings. The minimum Gasteiger partial charge on any atom is -0.356 e. The van der Waals surface area contributed by atoms with Crippen LogP contribution in [0.4, 0.5) is 5.82 Å². The minimum atomic E-state index is -0.535. The third kappa shape index (κ3) is 2.87. The number of fused-ring (bicyclic) bond motifs is 1. The summed E-state index contributed by atoms with van der Waals surface area (Å²) in [7, 11) is 1.59. The lowest BCUT2D eigenvalue weighted by molar-refractivity contribution is 0.391. The average molecular weight is 362 g/mol. The largest absolute Gasteiger partial charge is 0.356 e. The molecule has 8 heteroatoms. The van der Waals surface area contributed by atoms with Crippen molar-refractivity contribution in [1.29, 1.82) is 5.26 Å². The van der Waals surface area contributed by atoms with E-state index in [0.29, 0.717) is 42.7 Å². The molecule has 0 aromatic carbocycles. The molecule has 136 valence electrons. The summed E-state index contributed by atoms with van der Waals surface area (Å²) in [6.45, 7) is 1.42. The van der Waals surface area contributed by atoms with E-state index in [-0.39, 0.29) is 6.04 Å². The number of aryl methyl sites for hydroxylation is 1. The molecular weight excluding hydrogens is 344 g/mol. The van der Waals surface area contributed by atoms with Crippen molar-refractivity contribution in [2.75, 3.05) is 18.0 Å². The third-order valence-corrected chi connectivity index (χ3v) is 5.09. The van der Waals surface area contributed by atoms with Crippen molar-refractivity contribution in [3.8, 4) is 6.07 Å². The van der Waals surface area contributed by atoms with Gasteiger partial charge in [-0.15, -0.1) is 0 Å². The summed E-state index contributed by atoms with van der Waals surface area (Å²) < 4.78 is 2.91. The molecule has 1 aliphatic heterocycles. The van der Waals surface area contributed by atoms with E-state index in [1.165, 1.54) is 4.57 Å². The van der Waals surface area contributed by atoms with Crippen molar-refractivity contribution in [2.24, 2.45) is 7.05 Å². The number of hydrogen-bond acceptors (Lipinski definition) is 6. The average Bonchev–Trinajstić information content (AvgIpc) is 2.73. The van der Waals surface area contributed by atoms with Crippen molar-refractivity contribution >= 4 is 17.0 Å². The Kier molecular flexibility index (Phi) is 4.20. The zero-order chi connectivity index (χ0) is 19.0. The highest BCUT2D eigenvalue weighted by Gasteiger charge is 2.25. The van der Waals surface area contributed by atoms with Crippen molar-refractivity contribution in [3.05, 3.63) is 62.9 Å². The van der Waals surface area contributed by atoms with Crippen molar-refractivity contribution in [1.82, 2.24) is 19.1 Å². The smallest absolute Gasteiger partial charge is 0.318 e. The lowest BCUT2D eigenvalue weighted by Crippen LogP contribution is -2.45. The van der Waals surface area contributed by atoms with Gasteiger partial charge in [-0.25, -0.2) is 9.97 Å². The van der Waals surface area contributed by atoms with Crippen molar-refractivity contribution in [3.63, 3.8) is 0 Å². The maximum absolute atomic E-state index is 12.7. The molecule has 0 saturated carbocycles. The fourth-order valence-corrected chi connectivity index (χ4v) is 3.62. The predicted molar refractivity (Wildman–Crippen MR) is 101 cm³/mol. The van der Waals surface area contributed by atoms with Gasteiger partial charge in [-0.3, -0.25) is 14.2 Å². The zero-order valence-electron chi connectivity index (χ0n) is 14.9. The van der Waals surface area contributed by atoms with Crippen LogP contribution in [-0.2, 0) is 7.05 Å². The van der Waals surface area contributed by atoms with Gasteiger partial charge in [0, 0.05) is 38.6 Å². The SMILES string of the molecule is Cn1c(=O)c(=O)n(C2CCN(c3ccc(C#N)cn3)CC2)c2ncccc21. The number of rotatable bonds is 2. The molecule has 8 nitrogen and oxygen atoms in total. The van der Waals surface area contributed by atoms with Crippen molar-refractivity contribution < 1.29 is 0 Å². The van der Waals surface area contributed by atoms with E-state index in [1.54, 1.807) is 42.2 Å². The molecule has 4 rings (SSSR count). The summed E-state index contributed by atoms with van der Waals surface area (Å²) in [6, 6.07) is 9.12. The van der Waals surface area contributed by atoms with E-state index in [9.17, 15) is 9.59 Å². The normalized spacial score (nSPS) is 15.0. The Morgan fingerprint density at radius 3 is 2.56 bits per heavy atom. The number of aromatic nitrogens is 4. The second kappa shape index (κ2) is 6.68. The first-order chi connectivity index (χ1) is 13.1. The molecular formula is C19H18N6O2. The van der Waals surface area contributed by atoms with Crippen LogP contribution in [-0.4, -0.2) is 32.2 Å². The minimum absolute atomic E-state index is 0.0848. The molecule has 0 aliphatic carbocycles. The van der Waals surface area contributed by atoms with E-state index in [2.05, 4.69) is 20.9 Å². The van der Waals surface area contributed by atoms with Crippen LogP contribution in [0.25, 0.3) is 11.2 Å². The monoisotopic (exact) mass is 362 g/mol. The Balaban J connectivity index is 1.64. The summed E-state index contributed by atoms with van der Waals surface area (Å²) in [5.41, 5.74) is 0.654. The standard InChI is InChI=1S/C19H18N6O2/c1-23-15-3-2-8-21-17(15)25(19(27)18(23)26)14-6-9-24(10-7-14)16-5-4-13(11-20)12-22-16/h2-5,8,12,14H,6-7,9-10H2,1H3. The molecule has 0 atom stereocenters.